The summed E-state index contributed by atoms with van der Waals surface area (Å²) < 4.78 is 2.17. The second-order valence-electron chi connectivity index (χ2n) is 4.49. The Bertz CT molecular complexity index is 485. The molecule has 0 aliphatic heterocycles. The highest BCUT2D eigenvalue weighted by molar-refractivity contribution is 5.60. The van der Waals surface area contributed by atoms with E-state index in [0.29, 0.717) is 0 Å². The van der Waals surface area contributed by atoms with Crippen molar-refractivity contribution in [3.8, 4) is 11.4 Å². The number of imidazole rings is 1. The Balaban J connectivity index is 2.23. The predicted molar refractivity (Wildman–Crippen MR) is 75.9 cm³/mol. The van der Waals surface area contributed by atoms with Crippen molar-refractivity contribution >= 4 is 5.69 Å². The summed E-state index contributed by atoms with van der Waals surface area (Å²) in [7, 11) is 6.05. The molecule has 4 heteroatoms. The maximum atomic E-state index is 4.44. The molecule has 0 aliphatic rings. The van der Waals surface area contributed by atoms with Crippen molar-refractivity contribution in [2.24, 2.45) is 0 Å². The molecule has 0 saturated carbocycles. The first kappa shape index (κ1) is 12.6. The van der Waals surface area contributed by atoms with Gasteiger partial charge < -0.3 is 14.8 Å². The highest BCUT2D eigenvalue weighted by atomic mass is 15.1. The summed E-state index contributed by atoms with van der Waals surface area (Å²) in [5.41, 5.74) is 2.36. The predicted octanol–water partition coefficient (Wildman–Crippen LogP) is 1.84. The van der Waals surface area contributed by atoms with Crippen LogP contribution < -0.4 is 10.2 Å². The van der Waals surface area contributed by atoms with Gasteiger partial charge in [-0.15, -0.1) is 0 Å². The molecule has 18 heavy (non-hydrogen) atoms. The minimum atomic E-state index is 0.932. The molecule has 2 aromatic rings. The van der Waals surface area contributed by atoms with E-state index in [1.165, 1.54) is 5.69 Å². The molecule has 1 heterocycles. The second kappa shape index (κ2) is 5.69. The van der Waals surface area contributed by atoms with E-state index in [4.69, 9.17) is 0 Å². The van der Waals surface area contributed by atoms with E-state index in [9.17, 15) is 0 Å². The van der Waals surface area contributed by atoms with Gasteiger partial charge in [0.05, 0.1) is 0 Å². The first-order valence-corrected chi connectivity index (χ1v) is 6.16. The number of hydrogen-bond donors (Lipinski definition) is 1. The zero-order chi connectivity index (χ0) is 13.0. The SMILES string of the molecule is CNCCn1ccnc1-c1ccc(N(C)C)cc1. The van der Waals surface area contributed by atoms with Gasteiger partial charge in [0, 0.05) is 50.8 Å². The van der Waals surface area contributed by atoms with E-state index in [0.717, 1.165) is 24.5 Å². The largest absolute Gasteiger partial charge is 0.378 e. The highest BCUT2D eigenvalue weighted by Crippen LogP contribution is 2.20. The molecule has 1 aromatic carbocycles. The molecule has 0 bridgehead atoms. The summed E-state index contributed by atoms with van der Waals surface area (Å²) in [6, 6.07) is 8.47. The lowest BCUT2D eigenvalue weighted by molar-refractivity contribution is 0.649. The van der Waals surface area contributed by atoms with Gasteiger partial charge in [-0.3, -0.25) is 0 Å². The van der Waals surface area contributed by atoms with E-state index in [-0.39, 0.29) is 0 Å². The molecule has 1 N–H and O–H groups in total. The summed E-state index contributed by atoms with van der Waals surface area (Å²) >= 11 is 0. The Labute approximate surface area is 108 Å². The molecule has 0 saturated heterocycles. The van der Waals surface area contributed by atoms with Crippen LogP contribution in [-0.4, -0.2) is 37.2 Å². The minimum Gasteiger partial charge on any atom is -0.378 e. The first-order chi connectivity index (χ1) is 8.72. The summed E-state index contributed by atoms with van der Waals surface area (Å²) in [6.45, 7) is 1.88. The van der Waals surface area contributed by atoms with Crippen molar-refractivity contribution in [2.75, 3.05) is 32.6 Å². The van der Waals surface area contributed by atoms with Crippen LogP contribution in [0, 0.1) is 0 Å². The zero-order valence-electron chi connectivity index (χ0n) is 11.2. The molecule has 4 nitrogen and oxygen atoms in total. The Morgan fingerprint density at radius 1 is 1.22 bits per heavy atom. The molecular weight excluding hydrogens is 224 g/mol. The van der Waals surface area contributed by atoms with E-state index in [1.807, 2.05) is 33.5 Å². The van der Waals surface area contributed by atoms with Gasteiger partial charge in [0.15, 0.2) is 0 Å². The van der Waals surface area contributed by atoms with Gasteiger partial charge in [-0.25, -0.2) is 4.98 Å². The molecule has 96 valence electrons. The molecule has 0 radical (unpaired) electrons. The second-order valence-corrected chi connectivity index (χ2v) is 4.49. The topological polar surface area (TPSA) is 33.1 Å². The fourth-order valence-corrected chi connectivity index (χ4v) is 1.89. The molecule has 0 fully saturated rings. The average molecular weight is 244 g/mol. The standard InChI is InChI=1S/C14H20N4/c1-15-8-10-18-11-9-16-14(18)12-4-6-13(7-5-12)17(2)3/h4-7,9,11,15H,8,10H2,1-3H3. The molecule has 0 aliphatic carbocycles. The van der Waals surface area contributed by atoms with Crippen LogP contribution in [0.4, 0.5) is 5.69 Å². The minimum absolute atomic E-state index is 0.932. The number of hydrogen-bond acceptors (Lipinski definition) is 3. The lowest BCUT2D eigenvalue weighted by Gasteiger charge is -2.13. The third-order valence-corrected chi connectivity index (χ3v) is 2.96. The van der Waals surface area contributed by atoms with Crippen molar-refractivity contribution in [1.82, 2.24) is 14.9 Å². The number of aromatic nitrogens is 2. The van der Waals surface area contributed by atoms with Crippen LogP contribution >= 0.6 is 0 Å². The van der Waals surface area contributed by atoms with Crippen LogP contribution in [0.5, 0.6) is 0 Å². The molecule has 2 rings (SSSR count). The fraction of sp³-hybridized carbons (Fsp3) is 0.357. The molecule has 1 aromatic heterocycles. The average Bonchev–Trinajstić information content (AvgIpc) is 2.84. The smallest absolute Gasteiger partial charge is 0.139 e. The number of benzene rings is 1. The lowest BCUT2D eigenvalue weighted by atomic mass is 10.2. The Kier molecular flexibility index (Phi) is 3.99. The Morgan fingerprint density at radius 2 is 1.94 bits per heavy atom. The van der Waals surface area contributed by atoms with E-state index < -0.39 is 0 Å². The van der Waals surface area contributed by atoms with Gasteiger partial charge in [-0.1, -0.05) is 0 Å². The van der Waals surface area contributed by atoms with E-state index in [1.54, 1.807) is 0 Å². The number of nitrogens with one attached hydrogen (secondary N) is 1. The van der Waals surface area contributed by atoms with Gasteiger partial charge in [-0.05, 0) is 31.3 Å². The van der Waals surface area contributed by atoms with E-state index in [2.05, 4.69) is 44.0 Å². The van der Waals surface area contributed by atoms with Crippen molar-refractivity contribution in [3.63, 3.8) is 0 Å². The highest BCUT2D eigenvalue weighted by Gasteiger charge is 2.05. The van der Waals surface area contributed by atoms with Gasteiger partial charge in [0.2, 0.25) is 0 Å². The van der Waals surface area contributed by atoms with Crippen molar-refractivity contribution in [3.05, 3.63) is 36.7 Å². The fourth-order valence-electron chi connectivity index (χ4n) is 1.89. The number of rotatable bonds is 5. The number of nitrogens with zero attached hydrogens (tertiary/aromatic N) is 3. The maximum absolute atomic E-state index is 4.44. The normalized spacial score (nSPS) is 10.6. The summed E-state index contributed by atoms with van der Waals surface area (Å²) in [6.07, 6.45) is 3.87. The number of anilines is 1. The van der Waals surface area contributed by atoms with Gasteiger partial charge in [-0.2, -0.15) is 0 Å². The summed E-state index contributed by atoms with van der Waals surface area (Å²) in [5.74, 6) is 1.02. The molecule has 0 amide bonds. The van der Waals surface area contributed by atoms with Crippen LogP contribution in [0.3, 0.4) is 0 Å². The molecule has 0 atom stereocenters. The van der Waals surface area contributed by atoms with Crippen LogP contribution in [0.1, 0.15) is 0 Å². The quantitative estimate of drug-likeness (QED) is 0.871. The van der Waals surface area contributed by atoms with Gasteiger partial charge >= 0.3 is 0 Å². The molecular formula is C14H20N4. The van der Waals surface area contributed by atoms with Crippen LogP contribution in [0.2, 0.25) is 0 Å². The Morgan fingerprint density at radius 3 is 2.56 bits per heavy atom. The number of likely N-dealkylation sites (N-methyl/N-ethyl adjacent to an activating group) is 1. The third kappa shape index (κ3) is 2.71. The summed E-state index contributed by atoms with van der Waals surface area (Å²) in [5, 5.41) is 3.15. The van der Waals surface area contributed by atoms with Crippen molar-refractivity contribution in [1.29, 1.82) is 0 Å². The monoisotopic (exact) mass is 244 g/mol. The van der Waals surface area contributed by atoms with Gasteiger partial charge in [0.25, 0.3) is 0 Å². The van der Waals surface area contributed by atoms with Crippen molar-refractivity contribution in [2.45, 2.75) is 6.54 Å². The van der Waals surface area contributed by atoms with Crippen LogP contribution in [-0.2, 0) is 6.54 Å². The molecule has 0 spiro atoms. The first-order valence-electron chi connectivity index (χ1n) is 6.16. The van der Waals surface area contributed by atoms with E-state index >= 15 is 0 Å². The zero-order valence-corrected chi connectivity index (χ0v) is 11.2. The lowest BCUT2D eigenvalue weighted by Crippen LogP contribution is -2.15. The molecule has 0 unspecified atom stereocenters. The van der Waals surface area contributed by atoms with Crippen molar-refractivity contribution < 1.29 is 0 Å². The third-order valence-electron chi connectivity index (χ3n) is 2.96. The Hall–Kier alpha value is -1.81. The maximum Gasteiger partial charge on any atom is 0.139 e. The van der Waals surface area contributed by atoms with Crippen LogP contribution in [0.15, 0.2) is 36.7 Å². The summed E-state index contributed by atoms with van der Waals surface area (Å²) in [4.78, 5) is 6.53. The van der Waals surface area contributed by atoms with Crippen LogP contribution in [0.25, 0.3) is 11.4 Å². The van der Waals surface area contributed by atoms with Gasteiger partial charge in [0.1, 0.15) is 5.82 Å².